The van der Waals surface area contributed by atoms with Crippen LogP contribution in [0, 0.1) is 11.8 Å². The summed E-state index contributed by atoms with van der Waals surface area (Å²) in [6.45, 7) is 5.72. The molecule has 1 aromatic rings. The van der Waals surface area contributed by atoms with Gasteiger partial charge in [0, 0.05) is 6.04 Å². The highest BCUT2D eigenvalue weighted by atomic mass is 19.4. The molecular weight excluding hydrogens is 491 g/mol. The third kappa shape index (κ3) is 9.05. The molecule has 0 spiro atoms. The number of amides is 3. The normalized spacial score (nSPS) is 15.8. The zero-order chi connectivity index (χ0) is 27.8. The number of ketones is 1. The van der Waals surface area contributed by atoms with Gasteiger partial charge in [-0.05, 0) is 30.2 Å². The predicted molar refractivity (Wildman–Crippen MR) is 130 cm³/mol. The summed E-state index contributed by atoms with van der Waals surface area (Å²) in [7, 11) is 0. The lowest BCUT2D eigenvalue weighted by atomic mass is 9.99. The lowest BCUT2D eigenvalue weighted by molar-refractivity contribution is -0.175. The second-order valence-electron chi connectivity index (χ2n) is 9.98. The van der Waals surface area contributed by atoms with E-state index in [0.29, 0.717) is 12.8 Å². The molecule has 1 saturated carbocycles. The summed E-state index contributed by atoms with van der Waals surface area (Å²) in [6.07, 6.45) is -3.00. The van der Waals surface area contributed by atoms with Crippen molar-refractivity contribution in [1.82, 2.24) is 15.5 Å². The van der Waals surface area contributed by atoms with Gasteiger partial charge in [-0.25, -0.2) is 4.79 Å². The summed E-state index contributed by atoms with van der Waals surface area (Å²) in [4.78, 5) is 51.9. The first kappa shape index (κ1) is 30.1. The molecule has 0 saturated heterocycles. The van der Waals surface area contributed by atoms with Gasteiger partial charge >= 0.3 is 12.3 Å². The first-order valence-electron chi connectivity index (χ1n) is 12.5. The number of benzene rings is 1. The molecule has 3 amide bonds. The van der Waals surface area contributed by atoms with Gasteiger partial charge in [-0.1, -0.05) is 70.9 Å². The number of alkyl carbamates (subject to hydrolysis) is 1. The Balaban J connectivity index is 2.14. The van der Waals surface area contributed by atoms with Crippen molar-refractivity contribution in [3.63, 3.8) is 0 Å². The quantitative estimate of drug-likeness (QED) is 0.453. The Labute approximate surface area is 215 Å². The number of nitrogens with one attached hydrogen (secondary N) is 2. The molecule has 0 radical (unpaired) electrons. The molecule has 2 rings (SSSR count). The van der Waals surface area contributed by atoms with Gasteiger partial charge in [0.1, 0.15) is 12.6 Å². The number of Topliss-reactive ketones (excluding diaryl/α,β-unsaturated/α-hetero) is 1. The maximum Gasteiger partial charge on any atom is 0.452 e. The van der Waals surface area contributed by atoms with Gasteiger partial charge in [-0.15, -0.1) is 0 Å². The maximum atomic E-state index is 13.6. The van der Waals surface area contributed by atoms with Crippen molar-refractivity contribution in [1.29, 1.82) is 0 Å². The van der Waals surface area contributed by atoms with Crippen LogP contribution in [0.2, 0.25) is 0 Å². The van der Waals surface area contributed by atoms with Gasteiger partial charge in [-0.2, -0.15) is 13.2 Å². The minimum Gasteiger partial charge on any atom is -0.445 e. The van der Waals surface area contributed by atoms with E-state index in [1.807, 2.05) is 6.07 Å². The van der Waals surface area contributed by atoms with Crippen LogP contribution < -0.4 is 10.6 Å². The Hall–Kier alpha value is -3.11. The first-order valence-corrected chi connectivity index (χ1v) is 12.5. The predicted octanol–water partition coefficient (Wildman–Crippen LogP) is 3.98. The molecule has 0 heterocycles. The molecular formula is C26H36F3N3O5. The number of rotatable bonds is 11. The number of carbonyl (C=O) groups excluding carboxylic acids is 4. The van der Waals surface area contributed by atoms with Crippen LogP contribution in [0.25, 0.3) is 0 Å². The van der Waals surface area contributed by atoms with E-state index in [1.54, 1.807) is 38.1 Å². The second-order valence-corrected chi connectivity index (χ2v) is 9.98. The van der Waals surface area contributed by atoms with Crippen molar-refractivity contribution >= 4 is 23.7 Å². The van der Waals surface area contributed by atoms with Crippen LogP contribution >= 0.6 is 0 Å². The minimum absolute atomic E-state index is 0.00422. The molecule has 0 aliphatic heterocycles. The van der Waals surface area contributed by atoms with Crippen LogP contribution in [0.3, 0.4) is 0 Å². The van der Waals surface area contributed by atoms with E-state index in [1.165, 1.54) is 18.7 Å². The van der Waals surface area contributed by atoms with Crippen LogP contribution in [0.4, 0.5) is 18.0 Å². The van der Waals surface area contributed by atoms with Crippen LogP contribution in [-0.4, -0.2) is 59.4 Å². The molecule has 1 aromatic carbocycles. The van der Waals surface area contributed by atoms with E-state index < -0.39 is 54.4 Å². The van der Waals surface area contributed by atoms with Crippen molar-refractivity contribution in [2.24, 2.45) is 11.8 Å². The fraction of sp³-hybridized carbons (Fsp3) is 0.615. The van der Waals surface area contributed by atoms with Crippen molar-refractivity contribution in [3.05, 3.63) is 35.9 Å². The first-order chi connectivity index (χ1) is 17.3. The summed E-state index contributed by atoms with van der Waals surface area (Å²) >= 11 is 0. The summed E-state index contributed by atoms with van der Waals surface area (Å²) in [6, 6.07) is 5.90. The van der Waals surface area contributed by atoms with Gasteiger partial charge < -0.3 is 20.3 Å². The molecule has 1 fully saturated rings. The number of hydrogen-bond acceptors (Lipinski definition) is 5. The lowest BCUT2D eigenvalue weighted by Crippen LogP contribution is -2.57. The summed E-state index contributed by atoms with van der Waals surface area (Å²) in [5, 5.41) is 4.74. The maximum absolute atomic E-state index is 13.6. The van der Waals surface area contributed by atoms with Gasteiger partial charge in [0.25, 0.3) is 5.78 Å². The molecule has 2 atom stereocenters. The molecule has 0 aromatic heterocycles. The van der Waals surface area contributed by atoms with E-state index in [-0.39, 0.29) is 18.6 Å². The summed E-state index contributed by atoms with van der Waals surface area (Å²) in [5.41, 5.74) is 0.766. The third-order valence-electron chi connectivity index (χ3n) is 6.33. The highest BCUT2D eigenvalue weighted by Crippen LogP contribution is 2.25. The number of alkyl halides is 3. The lowest BCUT2D eigenvalue weighted by Gasteiger charge is -2.34. The zero-order valence-corrected chi connectivity index (χ0v) is 21.6. The Bertz CT molecular complexity index is 931. The fourth-order valence-electron chi connectivity index (χ4n) is 4.27. The van der Waals surface area contributed by atoms with E-state index in [2.05, 4.69) is 10.6 Å². The van der Waals surface area contributed by atoms with E-state index in [4.69, 9.17) is 4.74 Å². The Kier molecular flexibility index (Phi) is 10.9. The molecule has 1 unspecified atom stereocenters. The number of ether oxygens (including phenoxy) is 1. The average Bonchev–Trinajstić information content (AvgIpc) is 3.36. The number of hydrogen-bond donors (Lipinski definition) is 2. The molecule has 2 N–H and O–H groups in total. The molecule has 206 valence electrons. The Morgan fingerprint density at radius 1 is 0.946 bits per heavy atom. The van der Waals surface area contributed by atoms with Crippen molar-refractivity contribution < 1.29 is 37.1 Å². The summed E-state index contributed by atoms with van der Waals surface area (Å²) < 4.78 is 44.3. The van der Waals surface area contributed by atoms with Crippen LogP contribution in [0.15, 0.2) is 30.3 Å². The SMILES string of the molecule is CC(C)C(NC(=O)CN(C(=O)[C@@H](NC(=O)OCc1ccccc1)C(C)C)C1CCCC1)C(=O)C(F)(F)F. The smallest absolute Gasteiger partial charge is 0.445 e. The number of nitrogens with zero attached hydrogens (tertiary/aromatic N) is 1. The average molecular weight is 528 g/mol. The number of halogens is 3. The van der Waals surface area contributed by atoms with E-state index in [0.717, 1.165) is 18.4 Å². The van der Waals surface area contributed by atoms with Gasteiger partial charge in [-0.3, -0.25) is 14.4 Å². The van der Waals surface area contributed by atoms with Gasteiger partial charge in [0.2, 0.25) is 11.8 Å². The topological polar surface area (TPSA) is 105 Å². The van der Waals surface area contributed by atoms with Gasteiger partial charge in [0.15, 0.2) is 0 Å². The van der Waals surface area contributed by atoms with Crippen LogP contribution in [0.5, 0.6) is 0 Å². The highest BCUT2D eigenvalue weighted by Gasteiger charge is 2.45. The van der Waals surface area contributed by atoms with Crippen molar-refractivity contribution in [3.8, 4) is 0 Å². The molecule has 1 aliphatic rings. The molecule has 11 heteroatoms. The largest absolute Gasteiger partial charge is 0.452 e. The van der Waals surface area contributed by atoms with E-state index in [9.17, 15) is 32.3 Å². The van der Waals surface area contributed by atoms with E-state index >= 15 is 0 Å². The molecule has 8 nitrogen and oxygen atoms in total. The highest BCUT2D eigenvalue weighted by molar-refractivity contribution is 5.95. The Morgan fingerprint density at radius 2 is 1.51 bits per heavy atom. The summed E-state index contributed by atoms with van der Waals surface area (Å²) in [5.74, 6) is -4.61. The number of carbonyl (C=O) groups is 4. The monoisotopic (exact) mass is 527 g/mol. The fourth-order valence-corrected chi connectivity index (χ4v) is 4.27. The van der Waals surface area contributed by atoms with Gasteiger partial charge in [0.05, 0.1) is 12.6 Å². The molecule has 0 bridgehead atoms. The molecule has 37 heavy (non-hydrogen) atoms. The second kappa shape index (κ2) is 13.4. The minimum atomic E-state index is -5.10. The van der Waals surface area contributed by atoms with Crippen LogP contribution in [-0.2, 0) is 25.7 Å². The zero-order valence-electron chi connectivity index (χ0n) is 21.6. The van der Waals surface area contributed by atoms with Crippen molar-refractivity contribution in [2.75, 3.05) is 6.54 Å². The van der Waals surface area contributed by atoms with Crippen LogP contribution in [0.1, 0.15) is 58.9 Å². The van der Waals surface area contributed by atoms with Crippen molar-refractivity contribution in [2.45, 2.75) is 84.3 Å². The molecule has 1 aliphatic carbocycles. The third-order valence-corrected chi connectivity index (χ3v) is 6.33. The Morgan fingerprint density at radius 3 is 2.03 bits per heavy atom. The standard InChI is InChI=1S/C26H36F3N3O5/c1-16(2)21(23(34)26(27,28)29)30-20(33)14-32(19-12-8-9-13-19)24(35)22(17(3)4)31-25(36)37-15-18-10-6-5-7-11-18/h5-7,10-11,16-17,19,21-22H,8-9,12-15H2,1-4H3,(H,30,33)(H,31,36)/t21?,22-/m0/s1.